The van der Waals surface area contributed by atoms with Crippen LogP contribution in [0.3, 0.4) is 0 Å². The summed E-state index contributed by atoms with van der Waals surface area (Å²) in [6, 6.07) is 7.31. The third kappa shape index (κ3) is 4.23. The number of nitrogens with zero attached hydrogens (tertiary/aromatic N) is 1. The lowest BCUT2D eigenvalue weighted by Crippen LogP contribution is -2.11. The van der Waals surface area contributed by atoms with Gasteiger partial charge in [0.1, 0.15) is 12.3 Å². The molecule has 7 heteroatoms. The second-order valence-corrected chi connectivity index (χ2v) is 9.23. The maximum atomic E-state index is 12.6. The number of aromatic nitrogens is 1. The molecule has 0 unspecified atom stereocenters. The van der Waals surface area contributed by atoms with Gasteiger partial charge in [-0.2, -0.15) is 0 Å². The van der Waals surface area contributed by atoms with Crippen molar-refractivity contribution in [2.24, 2.45) is 0 Å². The van der Waals surface area contributed by atoms with Crippen LogP contribution in [0, 0.1) is 0 Å². The van der Waals surface area contributed by atoms with E-state index in [1.807, 2.05) is 18.2 Å². The fourth-order valence-corrected chi connectivity index (χ4v) is 3.53. The van der Waals surface area contributed by atoms with Crippen molar-refractivity contribution in [3.05, 3.63) is 46.2 Å². The summed E-state index contributed by atoms with van der Waals surface area (Å²) in [6.07, 6.45) is 1.47. The van der Waals surface area contributed by atoms with Crippen LogP contribution in [0.4, 0.5) is 11.4 Å². The Bertz CT molecular complexity index is 731. The molecule has 0 saturated heterocycles. The predicted molar refractivity (Wildman–Crippen MR) is 93.8 cm³/mol. The summed E-state index contributed by atoms with van der Waals surface area (Å²) < 4.78 is 17.7. The second-order valence-electron chi connectivity index (χ2n) is 5.25. The van der Waals surface area contributed by atoms with E-state index in [2.05, 4.69) is 10.3 Å². The molecule has 0 saturated carbocycles. The van der Waals surface area contributed by atoms with Crippen LogP contribution in [0.1, 0.15) is 5.56 Å². The molecule has 0 fully saturated rings. The Hall–Kier alpha value is -1.06. The highest BCUT2D eigenvalue weighted by Gasteiger charge is 2.18. The molecule has 4 nitrogen and oxygen atoms in total. The van der Waals surface area contributed by atoms with Gasteiger partial charge in [0.25, 0.3) is 0 Å². The third-order valence-electron chi connectivity index (χ3n) is 3.04. The zero-order valence-electron chi connectivity index (χ0n) is 12.6. The summed E-state index contributed by atoms with van der Waals surface area (Å²) in [5.74, 6) is 0. The lowest BCUT2D eigenvalue weighted by molar-refractivity contribution is 0.185. The Labute approximate surface area is 140 Å². The van der Waals surface area contributed by atoms with E-state index in [1.165, 1.54) is 6.20 Å². The number of halogens is 2. The minimum Gasteiger partial charge on any atom is -0.380 e. The smallest absolute Gasteiger partial charge is 0.131 e. The standard InChI is InChI=1S/C15H17Cl2N2O2P/c1-21-9-10-4-5-12(14(6-10)22(2,3)20)19-13-7-15(17)18-8-11(13)16/h4-8H,9H2,1-3H3,(H,18,19). The summed E-state index contributed by atoms with van der Waals surface area (Å²) >= 11 is 12.0. The number of hydrogen-bond acceptors (Lipinski definition) is 4. The SMILES string of the molecule is COCc1ccc(Nc2cc(Cl)ncc2Cl)c(P(C)(C)=O)c1. The number of pyridine rings is 1. The molecule has 0 radical (unpaired) electrons. The lowest BCUT2D eigenvalue weighted by Gasteiger charge is -2.17. The van der Waals surface area contributed by atoms with Gasteiger partial charge in [0.15, 0.2) is 0 Å². The highest BCUT2D eigenvalue weighted by Crippen LogP contribution is 2.39. The van der Waals surface area contributed by atoms with Crippen LogP contribution in [-0.2, 0) is 15.9 Å². The van der Waals surface area contributed by atoms with Gasteiger partial charge in [-0.1, -0.05) is 29.3 Å². The Balaban J connectivity index is 2.46. The molecular weight excluding hydrogens is 342 g/mol. The Morgan fingerprint density at radius 3 is 2.59 bits per heavy atom. The minimum atomic E-state index is -2.48. The summed E-state index contributed by atoms with van der Waals surface area (Å²) in [5.41, 5.74) is 2.32. The van der Waals surface area contributed by atoms with E-state index in [1.54, 1.807) is 26.5 Å². The van der Waals surface area contributed by atoms with E-state index >= 15 is 0 Å². The average Bonchev–Trinajstić information content (AvgIpc) is 2.43. The molecule has 2 rings (SSSR count). The van der Waals surface area contributed by atoms with Gasteiger partial charge in [0, 0.05) is 30.4 Å². The van der Waals surface area contributed by atoms with Crippen molar-refractivity contribution >= 4 is 47.0 Å². The van der Waals surface area contributed by atoms with Crippen LogP contribution >= 0.6 is 30.3 Å². The first-order valence-electron chi connectivity index (χ1n) is 6.56. The molecule has 0 amide bonds. The Kier molecular flexibility index (Phi) is 5.51. The van der Waals surface area contributed by atoms with Crippen LogP contribution in [-0.4, -0.2) is 25.4 Å². The molecule has 22 heavy (non-hydrogen) atoms. The Morgan fingerprint density at radius 1 is 1.23 bits per heavy atom. The molecule has 0 aliphatic carbocycles. The molecule has 1 aromatic heterocycles. The lowest BCUT2D eigenvalue weighted by atomic mass is 10.2. The van der Waals surface area contributed by atoms with E-state index < -0.39 is 7.14 Å². The highest BCUT2D eigenvalue weighted by molar-refractivity contribution is 7.70. The maximum absolute atomic E-state index is 12.6. The van der Waals surface area contributed by atoms with Gasteiger partial charge in [-0.3, -0.25) is 0 Å². The van der Waals surface area contributed by atoms with Crippen molar-refractivity contribution in [3.8, 4) is 0 Å². The first-order valence-corrected chi connectivity index (χ1v) is 9.92. The van der Waals surface area contributed by atoms with E-state index in [0.717, 1.165) is 16.6 Å². The van der Waals surface area contributed by atoms with Gasteiger partial charge in [0.2, 0.25) is 0 Å². The molecular formula is C15H17Cl2N2O2P. The first-order chi connectivity index (χ1) is 10.3. The molecule has 0 spiro atoms. The monoisotopic (exact) mass is 358 g/mol. The van der Waals surface area contributed by atoms with Gasteiger partial charge in [-0.25, -0.2) is 4.98 Å². The molecule has 1 aromatic carbocycles. The summed E-state index contributed by atoms with van der Waals surface area (Å²) in [7, 11) is -0.853. The van der Waals surface area contributed by atoms with Gasteiger partial charge < -0.3 is 14.6 Å². The quantitative estimate of drug-likeness (QED) is 0.630. The van der Waals surface area contributed by atoms with Crippen LogP contribution in [0.25, 0.3) is 0 Å². The normalized spacial score (nSPS) is 11.5. The van der Waals surface area contributed by atoms with Crippen molar-refractivity contribution in [1.29, 1.82) is 0 Å². The molecule has 118 valence electrons. The summed E-state index contributed by atoms with van der Waals surface area (Å²) in [6.45, 7) is 3.92. The molecule has 0 atom stereocenters. The zero-order valence-corrected chi connectivity index (χ0v) is 15.0. The summed E-state index contributed by atoms with van der Waals surface area (Å²) in [4.78, 5) is 3.91. The fraction of sp³-hybridized carbons (Fsp3) is 0.267. The van der Waals surface area contributed by atoms with Gasteiger partial charge in [-0.05, 0) is 31.0 Å². The molecule has 0 aliphatic heterocycles. The van der Waals surface area contributed by atoms with Crippen LogP contribution in [0.2, 0.25) is 10.2 Å². The van der Waals surface area contributed by atoms with E-state index in [4.69, 9.17) is 27.9 Å². The molecule has 0 bridgehead atoms. The topological polar surface area (TPSA) is 51.2 Å². The Morgan fingerprint density at radius 2 is 1.95 bits per heavy atom. The summed E-state index contributed by atoms with van der Waals surface area (Å²) in [5, 5.41) is 4.71. The van der Waals surface area contributed by atoms with Crippen LogP contribution in [0.15, 0.2) is 30.5 Å². The number of nitrogens with one attached hydrogen (secondary N) is 1. The molecule has 2 aromatic rings. The molecule has 1 N–H and O–H groups in total. The highest BCUT2D eigenvalue weighted by atomic mass is 35.5. The fourth-order valence-electron chi connectivity index (χ4n) is 2.04. The van der Waals surface area contributed by atoms with E-state index in [9.17, 15) is 4.57 Å². The number of hydrogen-bond donors (Lipinski definition) is 1. The largest absolute Gasteiger partial charge is 0.380 e. The van der Waals surface area contributed by atoms with Gasteiger partial charge in [0.05, 0.1) is 17.3 Å². The van der Waals surface area contributed by atoms with Crippen molar-refractivity contribution in [2.45, 2.75) is 6.61 Å². The van der Waals surface area contributed by atoms with E-state index in [0.29, 0.717) is 22.5 Å². The third-order valence-corrected chi connectivity index (χ3v) is 5.08. The number of rotatable bonds is 5. The molecule has 0 aliphatic rings. The van der Waals surface area contributed by atoms with Crippen molar-refractivity contribution in [1.82, 2.24) is 4.98 Å². The van der Waals surface area contributed by atoms with Crippen molar-refractivity contribution in [3.63, 3.8) is 0 Å². The van der Waals surface area contributed by atoms with Crippen molar-refractivity contribution in [2.75, 3.05) is 25.8 Å². The number of benzene rings is 1. The first kappa shape index (κ1) is 17.3. The van der Waals surface area contributed by atoms with Gasteiger partial charge in [-0.15, -0.1) is 0 Å². The van der Waals surface area contributed by atoms with Crippen LogP contribution < -0.4 is 10.6 Å². The minimum absolute atomic E-state index is 0.334. The predicted octanol–water partition coefficient (Wildman–Crippen LogP) is 4.53. The van der Waals surface area contributed by atoms with Crippen molar-refractivity contribution < 1.29 is 9.30 Å². The van der Waals surface area contributed by atoms with E-state index in [-0.39, 0.29) is 0 Å². The number of methoxy groups -OCH3 is 1. The van der Waals surface area contributed by atoms with Gasteiger partial charge >= 0.3 is 0 Å². The number of ether oxygens (including phenoxy) is 1. The zero-order chi connectivity index (χ0) is 16.3. The van der Waals surface area contributed by atoms with Crippen LogP contribution in [0.5, 0.6) is 0 Å². The maximum Gasteiger partial charge on any atom is 0.131 e. The average molecular weight is 359 g/mol. The number of anilines is 2. The second kappa shape index (κ2) is 7.01. The molecule has 1 heterocycles.